The second-order valence-electron chi connectivity index (χ2n) is 6.04. The van der Waals surface area contributed by atoms with Gasteiger partial charge < -0.3 is 9.64 Å². The first-order chi connectivity index (χ1) is 11.8. The first kappa shape index (κ1) is 17.3. The van der Waals surface area contributed by atoms with E-state index >= 15 is 0 Å². The molecule has 0 radical (unpaired) electrons. The van der Waals surface area contributed by atoms with Crippen molar-refractivity contribution in [2.45, 2.75) is 18.7 Å². The largest absolute Gasteiger partial charge is 0.495 e. The third kappa shape index (κ3) is 2.74. The molecule has 0 saturated carbocycles. The van der Waals surface area contributed by atoms with E-state index in [4.69, 9.17) is 4.74 Å². The van der Waals surface area contributed by atoms with Crippen LogP contribution in [-0.2, 0) is 14.8 Å². The summed E-state index contributed by atoms with van der Waals surface area (Å²) < 4.78 is 33.1. The molecule has 1 aliphatic heterocycles. The van der Waals surface area contributed by atoms with E-state index in [0.717, 1.165) is 15.4 Å². The van der Waals surface area contributed by atoms with Crippen LogP contribution in [0, 0.1) is 13.8 Å². The number of ether oxygens (including phenoxy) is 1. The first-order valence-corrected chi connectivity index (χ1v) is 9.25. The molecule has 2 aromatic carbocycles. The molecule has 2 aromatic rings. The number of hydrogen-bond donors (Lipinski definition) is 0. The molecular weight excluding hydrogens is 340 g/mol. The summed E-state index contributed by atoms with van der Waals surface area (Å²) in [5.41, 5.74) is 2.81. The molecule has 3 rings (SSSR count). The summed E-state index contributed by atoms with van der Waals surface area (Å²) in [4.78, 5) is 13.8. The van der Waals surface area contributed by atoms with Gasteiger partial charge in [-0.1, -0.05) is 12.1 Å². The number of methoxy groups -OCH3 is 1. The Morgan fingerprint density at radius 1 is 1.04 bits per heavy atom. The van der Waals surface area contributed by atoms with E-state index in [1.54, 1.807) is 43.4 Å². The normalized spacial score (nSPS) is 14.5. The van der Waals surface area contributed by atoms with Crippen LogP contribution in [0.3, 0.4) is 0 Å². The topological polar surface area (TPSA) is 66.9 Å². The van der Waals surface area contributed by atoms with Crippen molar-refractivity contribution < 1.29 is 17.9 Å². The smallest absolute Gasteiger partial charge is 0.268 e. The number of aryl methyl sites for hydroxylation is 2. The lowest BCUT2D eigenvalue weighted by molar-refractivity contribution is -0.117. The Morgan fingerprint density at radius 2 is 1.64 bits per heavy atom. The highest BCUT2D eigenvalue weighted by atomic mass is 32.2. The maximum Gasteiger partial charge on any atom is 0.268 e. The third-order valence-electron chi connectivity index (χ3n) is 4.51. The highest BCUT2D eigenvalue weighted by molar-refractivity contribution is 7.93. The van der Waals surface area contributed by atoms with Gasteiger partial charge in [0.2, 0.25) is 5.91 Å². The fourth-order valence-corrected chi connectivity index (χ4v) is 4.52. The van der Waals surface area contributed by atoms with Crippen molar-refractivity contribution in [3.8, 4) is 5.75 Å². The van der Waals surface area contributed by atoms with E-state index in [-0.39, 0.29) is 23.1 Å². The zero-order valence-corrected chi connectivity index (χ0v) is 15.4. The minimum absolute atomic E-state index is 0.0604. The van der Waals surface area contributed by atoms with Crippen LogP contribution < -0.4 is 13.9 Å². The second-order valence-corrected chi connectivity index (χ2v) is 7.87. The summed E-state index contributed by atoms with van der Waals surface area (Å²) in [6.07, 6.45) is 0. The van der Waals surface area contributed by atoms with E-state index in [1.807, 2.05) is 13.8 Å². The number of carbonyl (C=O) groups is 1. The van der Waals surface area contributed by atoms with Gasteiger partial charge in [0, 0.05) is 7.05 Å². The molecule has 1 aliphatic rings. The van der Waals surface area contributed by atoms with Gasteiger partial charge in [-0.3, -0.25) is 9.10 Å². The number of likely N-dealkylation sites (N-methyl/N-ethyl adjacent to an activating group) is 1. The van der Waals surface area contributed by atoms with E-state index < -0.39 is 10.0 Å². The van der Waals surface area contributed by atoms with Crippen molar-refractivity contribution in [1.82, 2.24) is 0 Å². The first-order valence-electron chi connectivity index (χ1n) is 7.81. The zero-order valence-electron chi connectivity index (χ0n) is 14.6. The number of nitrogens with zero attached hydrogens (tertiary/aromatic N) is 2. The highest BCUT2D eigenvalue weighted by Gasteiger charge is 2.36. The van der Waals surface area contributed by atoms with Crippen molar-refractivity contribution in [3.63, 3.8) is 0 Å². The minimum Gasteiger partial charge on any atom is -0.495 e. The van der Waals surface area contributed by atoms with Crippen LogP contribution in [0.15, 0.2) is 41.3 Å². The van der Waals surface area contributed by atoms with Crippen molar-refractivity contribution >= 4 is 27.3 Å². The molecule has 6 nitrogen and oxygen atoms in total. The summed E-state index contributed by atoms with van der Waals surface area (Å²) in [6, 6.07) is 10.2. The maximum atomic E-state index is 13.3. The van der Waals surface area contributed by atoms with Crippen molar-refractivity contribution in [3.05, 3.63) is 47.5 Å². The Balaban J connectivity index is 2.21. The molecule has 0 N–H and O–H groups in total. The molecule has 0 bridgehead atoms. The molecule has 0 saturated heterocycles. The molecule has 25 heavy (non-hydrogen) atoms. The number of sulfonamides is 1. The van der Waals surface area contributed by atoms with E-state index in [0.29, 0.717) is 11.4 Å². The van der Waals surface area contributed by atoms with Crippen LogP contribution >= 0.6 is 0 Å². The maximum absolute atomic E-state index is 13.3. The Labute approximate surface area is 147 Å². The van der Waals surface area contributed by atoms with Gasteiger partial charge in [0.15, 0.2) is 0 Å². The fourth-order valence-electron chi connectivity index (χ4n) is 2.86. The molecule has 0 fully saturated rings. The van der Waals surface area contributed by atoms with Gasteiger partial charge in [0.1, 0.15) is 17.2 Å². The SMILES string of the molecule is COc1cc(C)c(C)cc1S(=O)(=O)N1CC(=O)N(C)c2ccccc21. The van der Waals surface area contributed by atoms with Crippen molar-refractivity contribution in [2.24, 2.45) is 0 Å². The number of amides is 1. The Morgan fingerprint density at radius 3 is 2.28 bits per heavy atom. The Bertz CT molecular complexity index is 954. The lowest BCUT2D eigenvalue weighted by atomic mass is 10.1. The Kier molecular flexibility index (Phi) is 4.20. The molecule has 0 spiro atoms. The zero-order chi connectivity index (χ0) is 18.4. The quantitative estimate of drug-likeness (QED) is 0.843. The number of anilines is 2. The second kappa shape index (κ2) is 6.07. The van der Waals surface area contributed by atoms with Gasteiger partial charge >= 0.3 is 0 Å². The molecule has 7 heteroatoms. The standard InChI is InChI=1S/C18H20N2O4S/c1-12-9-16(24-4)17(10-13(12)2)25(22,23)20-11-18(21)19(3)14-7-5-6-8-15(14)20/h5-10H,11H2,1-4H3. The number of carbonyl (C=O) groups excluding carboxylic acids is 1. The van der Waals surface area contributed by atoms with Gasteiger partial charge in [-0.25, -0.2) is 8.42 Å². The number of para-hydroxylation sites is 2. The summed E-state index contributed by atoms with van der Waals surface area (Å²) in [5.74, 6) is -0.0166. The average molecular weight is 360 g/mol. The van der Waals surface area contributed by atoms with Gasteiger partial charge in [0.05, 0.1) is 18.5 Å². The van der Waals surface area contributed by atoms with E-state index in [1.165, 1.54) is 12.0 Å². The van der Waals surface area contributed by atoms with Gasteiger partial charge in [-0.05, 0) is 49.2 Å². The van der Waals surface area contributed by atoms with Gasteiger partial charge in [-0.15, -0.1) is 0 Å². The predicted octanol–water partition coefficient (Wildman–Crippen LogP) is 2.48. The molecule has 1 amide bonds. The minimum atomic E-state index is -3.95. The van der Waals surface area contributed by atoms with Gasteiger partial charge in [0.25, 0.3) is 10.0 Å². The Hall–Kier alpha value is -2.54. The molecule has 1 heterocycles. The van der Waals surface area contributed by atoms with Crippen LogP contribution in [0.4, 0.5) is 11.4 Å². The van der Waals surface area contributed by atoms with Crippen molar-refractivity contribution in [1.29, 1.82) is 0 Å². The number of rotatable bonds is 3. The van der Waals surface area contributed by atoms with Crippen LogP contribution in [0.5, 0.6) is 5.75 Å². The summed E-state index contributed by atoms with van der Waals surface area (Å²) >= 11 is 0. The summed E-state index contributed by atoms with van der Waals surface area (Å²) in [5, 5.41) is 0. The monoisotopic (exact) mass is 360 g/mol. The summed E-state index contributed by atoms with van der Waals surface area (Å²) in [7, 11) is -0.876. The lowest BCUT2D eigenvalue weighted by Gasteiger charge is -2.34. The van der Waals surface area contributed by atoms with Crippen LogP contribution in [0.25, 0.3) is 0 Å². The molecular formula is C18H20N2O4S. The van der Waals surface area contributed by atoms with E-state index in [9.17, 15) is 13.2 Å². The molecule has 0 atom stereocenters. The number of fused-ring (bicyclic) bond motifs is 1. The van der Waals surface area contributed by atoms with Crippen molar-refractivity contribution in [2.75, 3.05) is 29.9 Å². The lowest BCUT2D eigenvalue weighted by Crippen LogP contribution is -2.46. The molecule has 0 unspecified atom stereocenters. The van der Waals surface area contributed by atoms with E-state index in [2.05, 4.69) is 0 Å². The van der Waals surface area contributed by atoms with Crippen LogP contribution in [0.2, 0.25) is 0 Å². The predicted molar refractivity (Wildman–Crippen MR) is 96.9 cm³/mol. The fraction of sp³-hybridized carbons (Fsp3) is 0.278. The molecule has 0 aliphatic carbocycles. The van der Waals surface area contributed by atoms with Crippen LogP contribution in [-0.4, -0.2) is 35.0 Å². The average Bonchev–Trinajstić information content (AvgIpc) is 2.59. The highest BCUT2D eigenvalue weighted by Crippen LogP contribution is 2.38. The molecule has 132 valence electrons. The molecule has 0 aromatic heterocycles. The third-order valence-corrected chi connectivity index (χ3v) is 6.29. The van der Waals surface area contributed by atoms with Gasteiger partial charge in [-0.2, -0.15) is 0 Å². The van der Waals surface area contributed by atoms with Crippen LogP contribution in [0.1, 0.15) is 11.1 Å². The number of hydrogen-bond acceptors (Lipinski definition) is 4. The summed E-state index contributed by atoms with van der Waals surface area (Å²) in [6.45, 7) is 3.49. The number of benzene rings is 2.